The zero-order valence-corrected chi connectivity index (χ0v) is 16.5. The van der Waals surface area contributed by atoms with Crippen LogP contribution < -0.4 is 10.5 Å². The minimum absolute atomic E-state index is 0.285. The number of carbonyl (C=O) groups excluding carboxylic acids is 1. The van der Waals surface area contributed by atoms with E-state index in [4.69, 9.17) is 15.2 Å². The highest BCUT2D eigenvalue weighted by Crippen LogP contribution is 2.24. The Morgan fingerprint density at radius 2 is 1.96 bits per heavy atom. The molecular formula is C21H34N2O3. The van der Waals surface area contributed by atoms with Gasteiger partial charge in [0.15, 0.2) is 0 Å². The van der Waals surface area contributed by atoms with Crippen LogP contribution in [0.15, 0.2) is 18.2 Å². The number of hydrogen-bond donors (Lipinski definition) is 1. The number of rotatable bonds is 9. The summed E-state index contributed by atoms with van der Waals surface area (Å²) in [6, 6.07) is 5.39. The monoisotopic (exact) mass is 362 g/mol. The number of ether oxygens (including phenoxy) is 2. The number of hydrogen-bond acceptors (Lipinski definition) is 5. The lowest BCUT2D eigenvalue weighted by atomic mass is 10.0. The molecule has 1 aromatic carbocycles. The molecule has 1 aliphatic heterocycles. The summed E-state index contributed by atoms with van der Waals surface area (Å²) in [6.45, 7) is 9.63. The van der Waals surface area contributed by atoms with Crippen LogP contribution >= 0.6 is 0 Å². The molecule has 0 aliphatic carbocycles. The van der Waals surface area contributed by atoms with Crippen molar-refractivity contribution in [1.29, 1.82) is 0 Å². The molecule has 0 radical (unpaired) electrons. The predicted molar refractivity (Wildman–Crippen MR) is 106 cm³/mol. The van der Waals surface area contributed by atoms with Crippen LogP contribution in [0.4, 0.5) is 5.69 Å². The molecule has 2 rings (SSSR count). The van der Waals surface area contributed by atoms with Crippen LogP contribution in [-0.4, -0.2) is 43.2 Å². The third-order valence-electron chi connectivity index (χ3n) is 4.74. The molecule has 0 bridgehead atoms. The molecule has 1 saturated heterocycles. The van der Waals surface area contributed by atoms with E-state index in [2.05, 4.69) is 18.7 Å². The van der Waals surface area contributed by atoms with Crippen LogP contribution in [0.3, 0.4) is 0 Å². The van der Waals surface area contributed by atoms with Crippen molar-refractivity contribution in [3.8, 4) is 5.75 Å². The van der Waals surface area contributed by atoms with Gasteiger partial charge >= 0.3 is 5.97 Å². The Morgan fingerprint density at radius 1 is 1.23 bits per heavy atom. The molecule has 0 aromatic heterocycles. The fourth-order valence-electron chi connectivity index (χ4n) is 3.44. The highest BCUT2D eigenvalue weighted by Gasteiger charge is 2.24. The van der Waals surface area contributed by atoms with E-state index in [-0.39, 0.29) is 12.0 Å². The summed E-state index contributed by atoms with van der Waals surface area (Å²) in [5.41, 5.74) is 6.87. The molecule has 5 nitrogen and oxygen atoms in total. The van der Waals surface area contributed by atoms with Gasteiger partial charge in [0.25, 0.3) is 0 Å². The van der Waals surface area contributed by atoms with E-state index >= 15 is 0 Å². The first-order valence-corrected chi connectivity index (χ1v) is 9.94. The SMILES string of the molecule is CCCOc1cc(N)ccc1C(=O)OC[C@H](CC(C)C)N1CCCCC1. The van der Waals surface area contributed by atoms with Crippen LogP contribution in [0, 0.1) is 5.92 Å². The average Bonchev–Trinajstić information content (AvgIpc) is 2.63. The molecule has 0 amide bonds. The van der Waals surface area contributed by atoms with Crippen molar-refractivity contribution in [2.45, 2.75) is 58.9 Å². The molecule has 146 valence electrons. The van der Waals surface area contributed by atoms with Gasteiger partial charge in [-0.15, -0.1) is 0 Å². The molecule has 1 aliphatic rings. The molecule has 1 fully saturated rings. The van der Waals surface area contributed by atoms with Crippen molar-refractivity contribution in [1.82, 2.24) is 4.90 Å². The molecule has 1 aromatic rings. The Bertz CT molecular complexity index is 568. The van der Waals surface area contributed by atoms with Crippen LogP contribution in [0.25, 0.3) is 0 Å². The Balaban J connectivity index is 2.02. The molecule has 0 unspecified atom stereocenters. The van der Waals surface area contributed by atoms with E-state index < -0.39 is 0 Å². The van der Waals surface area contributed by atoms with Crippen molar-refractivity contribution in [3.05, 3.63) is 23.8 Å². The number of piperidine rings is 1. The van der Waals surface area contributed by atoms with Crippen LogP contribution in [0.5, 0.6) is 5.75 Å². The van der Waals surface area contributed by atoms with E-state index in [9.17, 15) is 4.79 Å². The van der Waals surface area contributed by atoms with Gasteiger partial charge in [0.2, 0.25) is 0 Å². The minimum Gasteiger partial charge on any atom is -0.493 e. The van der Waals surface area contributed by atoms with Crippen LogP contribution in [0.2, 0.25) is 0 Å². The Labute approximate surface area is 157 Å². The first kappa shape index (κ1) is 20.6. The Kier molecular flexibility index (Phi) is 8.23. The topological polar surface area (TPSA) is 64.8 Å². The lowest BCUT2D eigenvalue weighted by Gasteiger charge is -2.35. The lowest BCUT2D eigenvalue weighted by molar-refractivity contribution is 0.0280. The van der Waals surface area contributed by atoms with Crippen molar-refractivity contribution in [3.63, 3.8) is 0 Å². The summed E-state index contributed by atoms with van der Waals surface area (Å²) in [4.78, 5) is 15.1. The minimum atomic E-state index is -0.332. The van der Waals surface area contributed by atoms with Crippen molar-refractivity contribution in [2.24, 2.45) is 5.92 Å². The van der Waals surface area contributed by atoms with E-state index in [0.29, 0.717) is 36.1 Å². The summed E-state index contributed by atoms with van der Waals surface area (Å²) in [5, 5.41) is 0. The third-order valence-corrected chi connectivity index (χ3v) is 4.74. The predicted octanol–water partition coefficient (Wildman–Crippen LogP) is 4.12. The number of benzene rings is 1. The third kappa shape index (κ3) is 6.20. The van der Waals surface area contributed by atoms with E-state index in [1.807, 2.05) is 6.92 Å². The van der Waals surface area contributed by atoms with E-state index in [1.165, 1.54) is 19.3 Å². The quantitative estimate of drug-likeness (QED) is 0.529. The number of anilines is 1. The molecule has 0 spiro atoms. The maximum absolute atomic E-state index is 12.7. The fraction of sp³-hybridized carbons (Fsp3) is 0.667. The fourth-order valence-corrected chi connectivity index (χ4v) is 3.44. The Morgan fingerprint density at radius 3 is 2.62 bits per heavy atom. The molecule has 1 heterocycles. The van der Waals surface area contributed by atoms with Gasteiger partial charge < -0.3 is 15.2 Å². The number of esters is 1. The standard InChI is InChI=1S/C21H34N2O3/c1-4-12-25-20-14-17(22)8-9-19(20)21(24)26-15-18(13-16(2)3)23-10-6-5-7-11-23/h8-9,14,16,18H,4-7,10-13,15,22H2,1-3H3/t18-/m0/s1. The lowest BCUT2D eigenvalue weighted by Crippen LogP contribution is -2.43. The van der Waals surface area contributed by atoms with Gasteiger partial charge in [-0.25, -0.2) is 4.79 Å². The van der Waals surface area contributed by atoms with Gasteiger partial charge in [0.1, 0.15) is 17.9 Å². The zero-order chi connectivity index (χ0) is 18.9. The second kappa shape index (κ2) is 10.4. The maximum Gasteiger partial charge on any atom is 0.341 e. The zero-order valence-electron chi connectivity index (χ0n) is 16.5. The van der Waals surface area contributed by atoms with Crippen molar-refractivity contribution in [2.75, 3.05) is 32.0 Å². The summed E-state index contributed by atoms with van der Waals surface area (Å²) in [5.74, 6) is 0.748. The van der Waals surface area contributed by atoms with Gasteiger partial charge in [-0.05, 0) is 56.8 Å². The Hall–Kier alpha value is -1.75. The number of nitrogen functional groups attached to an aromatic ring is 1. The van der Waals surface area contributed by atoms with E-state index in [1.54, 1.807) is 18.2 Å². The molecule has 5 heteroatoms. The highest BCUT2D eigenvalue weighted by molar-refractivity contribution is 5.93. The molecular weight excluding hydrogens is 328 g/mol. The van der Waals surface area contributed by atoms with Crippen molar-refractivity contribution >= 4 is 11.7 Å². The molecule has 0 saturated carbocycles. The van der Waals surface area contributed by atoms with Gasteiger partial charge in [-0.2, -0.15) is 0 Å². The van der Waals surface area contributed by atoms with Gasteiger partial charge in [-0.1, -0.05) is 27.2 Å². The molecule has 1 atom stereocenters. The van der Waals surface area contributed by atoms with Gasteiger partial charge in [0.05, 0.1) is 6.61 Å². The smallest absolute Gasteiger partial charge is 0.341 e. The second-order valence-electron chi connectivity index (χ2n) is 7.58. The van der Waals surface area contributed by atoms with E-state index in [0.717, 1.165) is 25.9 Å². The maximum atomic E-state index is 12.7. The molecule has 26 heavy (non-hydrogen) atoms. The normalized spacial score (nSPS) is 16.5. The summed E-state index contributed by atoms with van der Waals surface area (Å²) >= 11 is 0. The second-order valence-corrected chi connectivity index (χ2v) is 7.58. The highest BCUT2D eigenvalue weighted by atomic mass is 16.5. The van der Waals surface area contributed by atoms with Gasteiger partial charge in [-0.3, -0.25) is 4.90 Å². The number of nitrogens with zero attached hydrogens (tertiary/aromatic N) is 1. The number of likely N-dealkylation sites (tertiary alicyclic amines) is 1. The average molecular weight is 363 g/mol. The largest absolute Gasteiger partial charge is 0.493 e. The van der Waals surface area contributed by atoms with Crippen molar-refractivity contribution < 1.29 is 14.3 Å². The summed E-state index contributed by atoms with van der Waals surface area (Å²) in [7, 11) is 0. The van der Waals surface area contributed by atoms with Crippen LogP contribution in [-0.2, 0) is 4.74 Å². The first-order valence-electron chi connectivity index (χ1n) is 9.94. The summed E-state index contributed by atoms with van der Waals surface area (Å²) in [6.07, 6.45) is 5.67. The number of nitrogens with two attached hydrogens (primary N) is 1. The number of carbonyl (C=O) groups is 1. The molecule has 2 N–H and O–H groups in total. The first-order chi connectivity index (χ1) is 12.5. The van der Waals surface area contributed by atoms with Gasteiger partial charge in [0, 0.05) is 17.8 Å². The summed E-state index contributed by atoms with van der Waals surface area (Å²) < 4.78 is 11.4. The van der Waals surface area contributed by atoms with Crippen LogP contribution in [0.1, 0.15) is 63.2 Å².